The lowest BCUT2D eigenvalue weighted by Gasteiger charge is -2.26. The molecule has 44 heavy (non-hydrogen) atoms. The van der Waals surface area contributed by atoms with Gasteiger partial charge in [0.2, 0.25) is 0 Å². The van der Waals surface area contributed by atoms with Crippen LogP contribution in [-0.2, 0) is 16.0 Å². The molecular weight excluding hydrogens is 546 g/mol. The summed E-state index contributed by atoms with van der Waals surface area (Å²) in [5.41, 5.74) is 6.73. The first kappa shape index (κ1) is 29.8. The van der Waals surface area contributed by atoms with Crippen molar-refractivity contribution in [3.8, 4) is 11.5 Å². The van der Waals surface area contributed by atoms with Gasteiger partial charge in [-0.2, -0.15) is 0 Å². The minimum Gasteiger partial charge on any atom is -0.423 e. The predicted octanol–water partition coefficient (Wildman–Crippen LogP) is 9.10. The second-order valence-corrected chi connectivity index (χ2v) is 10.4. The molecule has 5 aromatic carbocycles. The number of benzene rings is 5. The lowest BCUT2D eigenvalue weighted by molar-refractivity contribution is -0.130. The summed E-state index contributed by atoms with van der Waals surface area (Å²) in [6, 6.07) is 44.2. The van der Waals surface area contributed by atoms with E-state index in [-0.39, 0.29) is 5.92 Å². The first-order valence-electron chi connectivity index (χ1n) is 14.3. The van der Waals surface area contributed by atoms with E-state index >= 15 is 0 Å². The molecule has 0 amide bonds. The second kappa shape index (κ2) is 14.0. The van der Waals surface area contributed by atoms with E-state index in [1.165, 1.54) is 16.7 Å². The van der Waals surface area contributed by atoms with Crippen molar-refractivity contribution in [3.63, 3.8) is 0 Å². The molecule has 0 aromatic heterocycles. The Morgan fingerprint density at radius 3 is 1.52 bits per heavy atom. The van der Waals surface area contributed by atoms with Gasteiger partial charge in [-0.05, 0) is 90.7 Å². The van der Waals surface area contributed by atoms with Gasteiger partial charge in [0.1, 0.15) is 11.5 Å². The molecule has 5 rings (SSSR count). The minimum absolute atomic E-state index is 0.222. The first-order valence-corrected chi connectivity index (χ1v) is 14.3. The Hall–Kier alpha value is -5.68. The lowest BCUT2D eigenvalue weighted by atomic mass is 9.86. The van der Waals surface area contributed by atoms with Crippen LogP contribution in [0.1, 0.15) is 29.5 Å². The van der Waals surface area contributed by atoms with Gasteiger partial charge < -0.3 is 14.4 Å². The third-order valence-corrected chi connectivity index (χ3v) is 7.17. The summed E-state index contributed by atoms with van der Waals surface area (Å²) in [5, 5.41) is 0. The van der Waals surface area contributed by atoms with E-state index in [1.807, 2.05) is 36.4 Å². The van der Waals surface area contributed by atoms with Gasteiger partial charge in [0.05, 0.1) is 0 Å². The zero-order valence-corrected chi connectivity index (χ0v) is 24.6. The summed E-state index contributed by atoms with van der Waals surface area (Å²) in [5.74, 6) is 0.0775. The van der Waals surface area contributed by atoms with Gasteiger partial charge in [-0.1, -0.05) is 86.0 Å². The highest BCUT2D eigenvalue weighted by Crippen LogP contribution is 2.37. The van der Waals surface area contributed by atoms with E-state index < -0.39 is 11.9 Å². The summed E-state index contributed by atoms with van der Waals surface area (Å²) in [6.07, 6.45) is 1.98. The Kier molecular flexibility index (Phi) is 9.48. The third kappa shape index (κ3) is 7.39. The molecule has 0 spiro atoms. The van der Waals surface area contributed by atoms with Gasteiger partial charge in [-0.15, -0.1) is 0 Å². The number of hydrogen-bond acceptors (Lipinski definition) is 5. The SMILES string of the molecule is C=CC(=O)Oc1ccc(N(c2ccc(CC(c3ccccc3)c3ccccc3)cc2)c2ccc(OC(=O)C(=C)C)cc2)cc1. The molecule has 0 aliphatic heterocycles. The molecule has 0 saturated carbocycles. The smallest absolute Gasteiger partial charge is 0.338 e. The molecule has 0 saturated heterocycles. The normalized spacial score (nSPS) is 10.6. The van der Waals surface area contributed by atoms with E-state index in [4.69, 9.17) is 9.47 Å². The molecule has 5 nitrogen and oxygen atoms in total. The molecule has 0 heterocycles. The summed E-state index contributed by atoms with van der Waals surface area (Å²) >= 11 is 0. The fraction of sp³-hybridized carbons (Fsp3) is 0.0769. The number of carbonyl (C=O) groups is 2. The summed E-state index contributed by atoms with van der Waals surface area (Å²) in [4.78, 5) is 25.8. The van der Waals surface area contributed by atoms with Crippen molar-refractivity contribution in [1.29, 1.82) is 0 Å². The van der Waals surface area contributed by atoms with Crippen molar-refractivity contribution in [2.45, 2.75) is 19.3 Å². The van der Waals surface area contributed by atoms with Crippen molar-refractivity contribution in [3.05, 3.63) is 175 Å². The van der Waals surface area contributed by atoms with Crippen LogP contribution >= 0.6 is 0 Å². The first-order chi connectivity index (χ1) is 21.4. The number of rotatable bonds is 11. The third-order valence-electron chi connectivity index (χ3n) is 7.17. The topological polar surface area (TPSA) is 55.8 Å². The average Bonchev–Trinajstić information content (AvgIpc) is 3.06. The lowest BCUT2D eigenvalue weighted by Crippen LogP contribution is -2.11. The van der Waals surface area contributed by atoms with Crippen LogP contribution in [0.5, 0.6) is 11.5 Å². The number of esters is 2. The zero-order valence-electron chi connectivity index (χ0n) is 24.6. The number of nitrogens with zero attached hydrogens (tertiary/aromatic N) is 1. The Morgan fingerprint density at radius 1 is 0.659 bits per heavy atom. The maximum atomic E-state index is 12.0. The highest BCUT2D eigenvalue weighted by atomic mass is 16.5. The molecule has 0 bridgehead atoms. The van der Waals surface area contributed by atoms with E-state index in [0.29, 0.717) is 17.1 Å². The standard InChI is InChI=1S/C39H33NO4/c1-4-38(41)43-35-23-19-33(20-24-35)40(34-21-25-36(26-22-34)44-39(42)28(2)3)32-17-15-29(16-18-32)27-37(30-11-7-5-8-12-30)31-13-9-6-10-14-31/h4-26,37H,1-2,27H2,3H3. The van der Waals surface area contributed by atoms with E-state index in [2.05, 4.69) is 90.9 Å². The fourth-order valence-electron chi connectivity index (χ4n) is 4.94. The number of carbonyl (C=O) groups excluding carboxylic acids is 2. The largest absolute Gasteiger partial charge is 0.423 e. The number of anilines is 3. The van der Waals surface area contributed by atoms with Gasteiger partial charge in [0, 0.05) is 34.6 Å². The fourth-order valence-corrected chi connectivity index (χ4v) is 4.94. The van der Waals surface area contributed by atoms with E-state index in [1.54, 1.807) is 31.2 Å². The van der Waals surface area contributed by atoms with Crippen LogP contribution in [-0.4, -0.2) is 11.9 Å². The molecule has 0 unspecified atom stereocenters. The van der Waals surface area contributed by atoms with Crippen LogP contribution < -0.4 is 14.4 Å². The molecular formula is C39H33NO4. The molecule has 0 atom stereocenters. The van der Waals surface area contributed by atoms with Crippen molar-refractivity contribution in [2.24, 2.45) is 0 Å². The maximum absolute atomic E-state index is 12.0. The summed E-state index contributed by atoms with van der Waals surface area (Å²) < 4.78 is 10.7. The molecule has 0 aliphatic carbocycles. The summed E-state index contributed by atoms with van der Waals surface area (Å²) in [6.45, 7) is 8.71. The highest BCUT2D eigenvalue weighted by molar-refractivity contribution is 5.89. The molecule has 0 aliphatic rings. The van der Waals surface area contributed by atoms with Crippen LogP contribution in [0.15, 0.2) is 158 Å². The summed E-state index contributed by atoms with van der Waals surface area (Å²) in [7, 11) is 0. The van der Waals surface area contributed by atoms with Gasteiger partial charge in [-0.25, -0.2) is 9.59 Å². The highest BCUT2D eigenvalue weighted by Gasteiger charge is 2.17. The molecule has 5 heteroatoms. The van der Waals surface area contributed by atoms with Crippen molar-refractivity contribution < 1.29 is 19.1 Å². The maximum Gasteiger partial charge on any atom is 0.338 e. The van der Waals surface area contributed by atoms with E-state index in [0.717, 1.165) is 29.6 Å². The second-order valence-electron chi connectivity index (χ2n) is 10.4. The Morgan fingerprint density at radius 2 is 1.09 bits per heavy atom. The predicted molar refractivity (Wildman–Crippen MR) is 176 cm³/mol. The minimum atomic E-state index is -0.519. The molecule has 0 fully saturated rings. The molecule has 0 N–H and O–H groups in total. The quantitative estimate of drug-likeness (QED) is 0.0887. The van der Waals surface area contributed by atoms with Gasteiger partial charge in [0.25, 0.3) is 0 Å². The van der Waals surface area contributed by atoms with Gasteiger partial charge >= 0.3 is 11.9 Å². The van der Waals surface area contributed by atoms with Crippen molar-refractivity contribution >= 4 is 29.0 Å². The monoisotopic (exact) mass is 579 g/mol. The van der Waals surface area contributed by atoms with Crippen LogP contribution in [0.2, 0.25) is 0 Å². The van der Waals surface area contributed by atoms with Crippen LogP contribution in [0.25, 0.3) is 0 Å². The van der Waals surface area contributed by atoms with Crippen LogP contribution in [0.3, 0.4) is 0 Å². The Labute approximate surface area is 258 Å². The Balaban J connectivity index is 1.46. The average molecular weight is 580 g/mol. The Bertz CT molecular complexity index is 1690. The molecule has 0 radical (unpaired) electrons. The number of ether oxygens (including phenoxy) is 2. The van der Waals surface area contributed by atoms with Gasteiger partial charge in [0.15, 0.2) is 0 Å². The van der Waals surface area contributed by atoms with Crippen molar-refractivity contribution in [2.75, 3.05) is 4.90 Å². The van der Waals surface area contributed by atoms with Gasteiger partial charge in [-0.3, -0.25) is 0 Å². The van der Waals surface area contributed by atoms with Crippen molar-refractivity contribution in [1.82, 2.24) is 0 Å². The van der Waals surface area contributed by atoms with Crippen LogP contribution in [0, 0.1) is 0 Å². The van der Waals surface area contributed by atoms with Crippen LogP contribution in [0.4, 0.5) is 17.1 Å². The molecule has 218 valence electrons. The molecule has 5 aromatic rings. The van der Waals surface area contributed by atoms with E-state index in [9.17, 15) is 9.59 Å². The zero-order chi connectivity index (χ0) is 30.9. The number of hydrogen-bond donors (Lipinski definition) is 0.